The molecule has 0 unspecified atom stereocenters. The molecule has 0 atom stereocenters. The minimum Gasteiger partial charge on any atom is -0.0683 e. The predicted molar refractivity (Wildman–Crippen MR) is 83.3 cm³/mol. The lowest BCUT2D eigenvalue weighted by Gasteiger charge is -1.96. The van der Waals surface area contributed by atoms with E-state index in [-0.39, 0.29) is 0 Å². The molecule has 0 amide bonds. The van der Waals surface area contributed by atoms with E-state index in [1.54, 1.807) is 0 Å². The topological polar surface area (TPSA) is 0 Å². The Labute approximate surface area is 111 Å². The van der Waals surface area contributed by atoms with Crippen molar-refractivity contribution in [3.8, 4) is 11.1 Å². The average molecular weight is 238 g/mol. The molecule has 0 nitrogen and oxygen atoms in total. The highest BCUT2D eigenvalue weighted by atomic mass is 14.1. The summed E-state index contributed by atoms with van der Waals surface area (Å²) in [5.74, 6) is 0. The summed E-state index contributed by atoms with van der Waals surface area (Å²) in [5, 5.41) is 2.63. The zero-order valence-corrected chi connectivity index (χ0v) is 11.8. The summed E-state index contributed by atoms with van der Waals surface area (Å²) >= 11 is 0. The molecule has 0 heteroatoms. The summed E-state index contributed by atoms with van der Waals surface area (Å²) < 4.78 is 0. The Morgan fingerprint density at radius 3 is 1.83 bits per heavy atom. The smallest absolute Gasteiger partial charge is 0.0105 e. The molecule has 18 heavy (non-hydrogen) atoms. The van der Waals surface area contributed by atoms with Crippen LogP contribution in [0.25, 0.3) is 21.9 Å². The maximum Gasteiger partial charge on any atom is -0.0105 e. The van der Waals surface area contributed by atoms with Gasteiger partial charge in [-0.3, -0.25) is 0 Å². The minimum absolute atomic E-state index is 1.30. The van der Waals surface area contributed by atoms with Crippen LogP contribution in [0, 0.1) is 0 Å². The lowest BCUT2D eigenvalue weighted by atomic mass is 10.1. The SMILES string of the molecule is CC.CC.c1cc2cccc3ccccc3c-2c1. The molecule has 0 saturated carbocycles. The monoisotopic (exact) mass is 238 g/mol. The van der Waals surface area contributed by atoms with Crippen LogP contribution >= 0.6 is 0 Å². The van der Waals surface area contributed by atoms with Gasteiger partial charge in [0.15, 0.2) is 0 Å². The first kappa shape index (κ1) is 14.2. The maximum absolute atomic E-state index is 2.18. The zero-order valence-electron chi connectivity index (χ0n) is 11.8. The fraction of sp³-hybridized carbons (Fsp3) is 0.222. The zero-order chi connectivity index (χ0) is 13.4. The van der Waals surface area contributed by atoms with Crippen molar-refractivity contribution in [3.05, 3.63) is 60.7 Å². The van der Waals surface area contributed by atoms with Crippen molar-refractivity contribution in [1.29, 1.82) is 0 Å². The van der Waals surface area contributed by atoms with Crippen molar-refractivity contribution in [2.45, 2.75) is 27.7 Å². The van der Waals surface area contributed by atoms with E-state index in [2.05, 4.69) is 60.7 Å². The summed E-state index contributed by atoms with van der Waals surface area (Å²) in [7, 11) is 0. The van der Waals surface area contributed by atoms with Gasteiger partial charge >= 0.3 is 0 Å². The van der Waals surface area contributed by atoms with Crippen LogP contribution in [0.1, 0.15) is 27.7 Å². The molecule has 0 fully saturated rings. The summed E-state index contributed by atoms with van der Waals surface area (Å²) in [6, 6.07) is 21.4. The van der Waals surface area contributed by atoms with E-state index >= 15 is 0 Å². The third kappa shape index (κ3) is 2.89. The molecule has 0 saturated heterocycles. The third-order valence-corrected chi connectivity index (χ3v) is 2.65. The second-order valence-corrected chi connectivity index (χ2v) is 3.51. The van der Waals surface area contributed by atoms with Crippen molar-refractivity contribution in [2.24, 2.45) is 0 Å². The number of rotatable bonds is 0. The minimum atomic E-state index is 1.30. The van der Waals surface area contributed by atoms with E-state index in [0.29, 0.717) is 0 Å². The van der Waals surface area contributed by atoms with Gasteiger partial charge in [-0.1, -0.05) is 88.4 Å². The summed E-state index contributed by atoms with van der Waals surface area (Å²) in [5.41, 5.74) is 2.65. The van der Waals surface area contributed by atoms with Crippen LogP contribution in [0.4, 0.5) is 0 Å². The van der Waals surface area contributed by atoms with Crippen LogP contribution in [0.15, 0.2) is 60.7 Å². The van der Waals surface area contributed by atoms with Gasteiger partial charge in [0, 0.05) is 0 Å². The van der Waals surface area contributed by atoms with E-state index in [1.165, 1.54) is 21.9 Å². The molecule has 1 aromatic carbocycles. The highest BCUT2D eigenvalue weighted by molar-refractivity contribution is 5.96. The Balaban J connectivity index is 0.000000371. The Kier molecular flexibility index (Phi) is 5.93. The molecule has 0 aromatic heterocycles. The molecule has 0 radical (unpaired) electrons. The number of hydrogen-bond donors (Lipinski definition) is 0. The molecule has 0 N–H and O–H groups in total. The van der Waals surface area contributed by atoms with Gasteiger partial charge in [0.05, 0.1) is 0 Å². The molecule has 0 heterocycles. The molecule has 0 aliphatic heterocycles. The first-order valence-electron chi connectivity index (χ1n) is 6.82. The summed E-state index contributed by atoms with van der Waals surface area (Å²) in [4.78, 5) is 0. The summed E-state index contributed by atoms with van der Waals surface area (Å²) in [6.45, 7) is 8.00. The molecular formula is C18H22. The van der Waals surface area contributed by atoms with Crippen LogP contribution in [-0.4, -0.2) is 0 Å². The van der Waals surface area contributed by atoms with E-state index in [1.807, 2.05) is 27.7 Å². The first-order chi connectivity index (χ1) is 8.95. The van der Waals surface area contributed by atoms with Gasteiger partial charge in [-0.15, -0.1) is 0 Å². The molecule has 1 aromatic rings. The van der Waals surface area contributed by atoms with Gasteiger partial charge in [0.25, 0.3) is 0 Å². The highest BCUT2D eigenvalue weighted by Gasteiger charge is 2.02. The lowest BCUT2D eigenvalue weighted by molar-refractivity contribution is 1.50. The second kappa shape index (κ2) is 7.50. The van der Waals surface area contributed by atoms with Crippen molar-refractivity contribution in [2.75, 3.05) is 0 Å². The lowest BCUT2D eigenvalue weighted by Crippen LogP contribution is -1.70. The van der Waals surface area contributed by atoms with Gasteiger partial charge < -0.3 is 0 Å². The highest BCUT2D eigenvalue weighted by Crippen LogP contribution is 2.29. The number of fused-ring (bicyclic) bond motifs is 3. The third-order valence-electron chi connectivity index (χ3n) is 2.65. The fourth-order valence-electron chi connectivity index (χ4n) is 1.97. The molecular weight excluding hydrogens is 216 g/mol. The normalized spacial score (nSPS) is 9.11. The number of hydrogen-bond acceptors (Lipinski definition) is 0. The van der Waals surface area contributed by atoms with E-state index in [4.69, 9.17) is 0 Å². The predicted octanol–water partition coefficient (Wildman–Crippen LogP) is 6.00. The molecule has 0 bridgehead atoms. The molecule has 3 rings (SSSR count). The second-order valence-electron chi connectivity index (χ2n) is 3.51. The van der Waals surface area contributed by atoms with E-state index < -0.39 is 0 Å². The van der Waals surface area contributed by atoms with Crippen molar-refractivity contribution < 1.29 is 0 Å². The quantitative estimate of drug-likeness (QED) is 0.451. The largest absolute Gasteiger partial charge is 0.0683 e. The maximum atomic E-state index is 2.18. The van der Waals surface area contributed by atoms with Crippen LogP contribution in [0.2, 0.25) is 0 Å². The van der Waals surface area contributed by atoms with E-state index in [9.17, 15) is 0 Å². The van der Waals surface area contributed by atoms with Gasteiger partial charge in [-0.2, -0.15) is 0 Å². The fourth-order valence-corrected chi connectivity index (χ4v) is 1.97. The molecule has 2 aliphatic rings. The van der Waals surface area contributed by atoms with Gasteiger partial charge in [0.2, 0.25) is 0 Å². The first-order valence-corrected chi connectivity index (χ1v) is 6.82. The molecule has 0 spiro atoms. The van der Waals surface area contributed by atoms with Crippen molar-refractivity contribution >= 4 is 10.8 Å². The van der Waals surface area contributed by atoms with Crippen LogP contribution in [-0.2, 0) is 0 Å². The Bertz CT molecular complexity index is 552. The van der Waals surface area contributed by atoms with Crippen LogP contribution < -0.4 is 0 Å². The van der Waals surface area contributed by atoms with E-state index in [0.717, 1.165) is 0 Å². The average Bonchev–Trinajstić information content (AvgIpc) is 2.85. The van der Waals surface area contributed by atoms with Crippen molar-refractivity contribution in [3.63, 3.8) is 0 Å². The van der Waals surface area contributed by atoms with Gasteiger partial charge in [0.1, 0.15) is 0 Å². The summed E-state index contributed by atoms with van der Waals surface area (Å²) in [6.07, 6.45) is 0. The Hall–Kier alpha value is -1.82. The van der Waals surface area contributed by atoms with Gasteiger partial charge in [-0.05, 0) is 21.9 Å². The standard InChI is InChI=1S/C14H10.2C2H6/c1-2-9-13-11(5-1)6-3-7-12-8-4-10-14(12)13;2*1-2/h1-10H;2*1-2H3. The number of benzene rings is 1. The molecule has 94 valence electrons. The Morgan fingerprint density at radius 2 is 1.11 bits per heavy atom. The molecule has 2 aliphatic carbocycles. The van der Waals surface area contributed by atoms with Crippen LogP contribution in [0.5, 0.6) is 0 Å². The van der Waals surface area contributed by atoms with Crippen molar-refractivity contribution in [1.82, 2.24) is 0 Å². The van der Waals surface area contributed by atoms with Gasteiger partial charge in [-0.25, -0.2) is 0 Å². The Morgan fingerprint density at radius 1 is 0.556 bits per heavy atom. The van der Waals surface area contributed by atoms with Crippen LogP contribution in [0.3, 0.4) is 0 Å².